The van der Waals surface area contributed by atoms with Crippen LogP contribution in [0.1, 0.15) is 74.6 Å². The summed E-state index contributed by atoms with van der Waals surface area (Å²) in [6.45, 7) is 0. The first-order valence-electron chi connectivity index (χ1n) is 9.35. The summed E-state index contributed by atoms with van der Waals surface area (Å²) < 4.78 is 0. The van der Waals surface area contributed by atoms with Gasteiger partial charge in [0.05, 0.1) is 0 Å². The smallest absolute Gasteiger partial charge is 0.251 e. The maximum absolute atomic E-state index is 11.8. The Balaban J connectivity index is 0.000000198. The fourth-order valence-electron chi connectivity index (χ4n) is 3.47. The molecule has 0 aliphatic heterocycles. The summed E-state index contributed by atoms with van der Waals surface area (Å²) in [4.78, 5) is 21.8. The first-order valence-corrected chi connectivity index (χ1v) is 9.35. The van der Waals surface area contributed by atoms with Gasteiger partial charge in [0.25, 0.3) is 5.91 Å². The Morgan fingerprint density at radius 1 is 0.833 bits per heavy atom. The van der Waals surface area contributed by atoms with E-state index in [2.05, 4.69) is 10.6 Å². The van der Waals surface area contributed by atoms with E-state index in [1.54, 1.807) is 0 Å². The first-order chi connectivity index (χ1) is 11.8. The highest BCUT2D eigenvalue weighted by molar-refractivity contribution is 5.94. The molecule has 0 unspecified atom stereocenters. The van der Waals surface area contributed by atoms with E-state index in [-0.39, 0.29) is 5.91 Å². The van der Waals surface area contributed by atoms with Crippen molar-refractivity contribution in [3.8, 4) is 0 Å². The molecule has 0 aromatic heterocycles. The molecule has 0 bridgehead atoms. The Morgan fingerprint density at radius 2 is 1.38 bits per heavy atom. The third-order valence-corrected chi connectivity index (χ3v) is 4.89. The average molecular weight is 330 g/mol. The Labute approximate surface area is 145 Å². The quantitative estimate of drug-likeness (QED) is 0.825. The zero-order chi connectivity index (χ0) is 17.0. The summed E-state index contributed by atoms with van der Waals surface area (Å²) in [5, 5.41) is 5.90. The van der Waals surface area contributed by atoms with E-state index < -0.39 is 0 Å². The molecule has 2 aliphatic rings. The van der Waals surface area contributed by atoms with Crippen LogP contribution in [0.2, 0.25) is 0 Å². The maximum atomic E-state index is 11.8. The molecule has 0 radical (unpaired) electrons. The number of nitrogens with one attached hydrogen (secondary N) is 2. The second kappa shape index (κ2) is 10.8. The molecule has 24 heavy (non-hydrogen) atoms. The number of hydrogen-bond acceptors (Lipinski definition) is 2. The van der Waals surface area contributed by atoms with Crippen molar-refractivity contribution in [3.63, 3.8) is 0 Å². The molecular formula is C20H30N2O2. The Bertz CT molecular complexity index is 478. The molecular weight excluding hydrogens is 300 g/mol. The van der Waals surface area contributed by atoms with Crippen molar-refractivity contribution in [3.05, 3.63) is 35.9 Å². The van der Waals surface area contributed by atoms with Crippen molar-refractivity contribution in [2.75, 3.05) is 0 Å². The van der Waals surface area contributed by atoms with Gasteiger partial charge in [-0.15, -0.1) is 0 Å². The fraction of sp³-hybridized carbons (Fsp3) is 0.600. The number of hydrogen-bond donors (Lipinski definition) is 2. The molecule has 2 fully saturated rings. The highest BCUT2D eigenvalue weighted by atomic mass is 16.1. The minimum Gasteiger partial charge on any atom is -0.356 e. The van der Waals surface area contributed by atoms with Gasteiger partial charge in [0, 0.05) is 17.6 Å². The summed E-state index contributed by atoms with van der Waals surface area (Å²) in [7, 11) is 0. The Morgan fingerprint density at radius 3 is 1.92 bits per heavy atom. The zero-order valence-electron chi connectivity index (χ0n) is 14.5. The largest absolute Gasteiger partial charge is 0.356 e. The van der Waals surface area contributed by atoms with Gasteiger partial charge in [-0.05, 0) is 37.8 Å². The monoisotopic (exact) mass is 330 g/mol. The summed E-state index contributed by atoms with van der Waals surface area (Å²) in [5.41, 5.74) is 0.767. The fourth-order valence-corrected chi connectivity index (χ4v) is 3.47. The van der Waals surface area contributed by atoms with Crippen molar-refractivity contribution in [1.82, 2.24) is 10.6 Å². The van der Waals surface area contributed by atoms with Gasteiger partial charge in [0.2, 0.25) is 6.41 Å². The third-order valence-electron chi connectivity index (χ3n) is 4.89. The molecule has 0 heterocycles. The lowest BCUT2D eigenvalue weighted by atomic mass is 9.95. The lowest BCUT2D eigenvalue weighted by Gasteiger charge is -2.22. The summed E-state index contributed by atoms with van der Waals surface area (Å²) in [6, 6.07) is 10.3. The number of carbonyl (C=O) groups is 2. The van der Waals surface area contributed by atoms with Crippen molar-refractivity contribution in [1.29, 1.82) is 0 Å². The van der Waals surface area contributed by atoms with Crippen LogP contribution >= 0.6 is 0 Å². The second-order valence-corrected chi connectivity index (χ2v) is 6.79. The van der Waals surface area contributed by atoms with Crippen LogP contribution in [0.15, 0.2) is 30.3 Å². The maximum Gasteiger partial charge on any atom is 0.251 e. The molecule has 4 nitrogen and oxygen atoms in total. The molecule has 132 valence electrons. The van der Waals surface area contributed by atoms with Crippen LogP contribution in [-0.2, 0) is 4.79 Å². The topological polar surface area (TPSA) is 58.2 Å². The number of benzene rings is 1. The Kier molecular flexibility index (Phi) is 8.36. The van der Waals surface area contributed by atoms with Gasteiger partial charge in [-0.25, -0.2) is 0 Å². The molecule has 2 saturated carbocycles. The van der Waals surface area contributed by atoms with E-state index in [0.717, 1.165) is 24.8 Å². The molecule has 0 atom stereocenters. The van der Waals surface area contributed by atoms with Gasteiger partial charge in [-0.1, -0.05) is 56.7 Å². The lowest BCUT2D eigenvalue weighted by Crippen LogP contribution is -2.36. The SMILES string of the molecule is O=C(NC1CCCCC1)c1ccccc1.O=CNC1CCCCC1. The van der Waals surface area contributed by atoms with Crippen molar-refractivity contribution < 1.29 is 9.59 Å². The minimum absolute atomic E-state index is 0.0718. The van der Waals surface area contributed by atoms with Crippen molar-refractivity contribution in [2.45, 2.75) is 76.3 Å². The first kappa shape index (κ1) is 18.5. The van der Waals surface area contributed by atoms with Gasteiger partial charge in [-0.3, -0.25) is 9.59 Å². The van der Waals surface area contributed by atoms with E-state index in [1.165, 1.54) is 51.4 Å². The highest BCUT2D eigenvalue weighted by Crippen LogP contribution is 2.18. The van der Waals surface area contributed by atoms with Crippen LogP contribution in [0.3, 0.4) is 0 Å². The summed E-state index contributed by atoms with van der Waals surface area (Å²) in [5.74, 6) is 0.0718. The van der Waals surface area contributed by atoms with Crippen LogP contribution in [-0.4, -0.2) is 24.4 Å². The minimum atomic E-state index is 0.0718. The summed E-state index contributed by atoms with van der Waals surface area (Å²) in [6.07, 6.45) is 13.2. The second-order valence-electron chi connectivity index (χ2n) is 6.79. The van der Waals surface area contributed by atoms with Crippen LogP contribution in [0.5, 0.6) is 0 Å². The highest BCUT2D eigenvalue weighted by Gasteiger charge is 2.16. The van der Waals surface area contributed by atoms with Crippen LogP contribution in [0.25, 0.3) is 0 Å². The lowest BCUT2D eigenvalue weighted by molar-refractivity contribution is -0.110. The predicted octanol–water partition coefficient (Wildman–Crippen LogP) is 3.81. The predicted molar refractivity (Wildman–Crippen MR) is 96.9 cm³/mol. The molecule has 1 aromatic carbocycles. The van der Waals surface area contributed by atoms with Gasteiger partial charge < -0.3 is 10.6 Å². The van der Waals surface area contributed by atoms with Crippen molar-refractivity contribution in [2.24, 2.45) is 0 Å². The molecule has 2 amide bonds. The zero-order valence-corrected chi connectivity index (χ0v) is 14.5. The van der Waals surface area contributed by atoms with Crippen LogP contribution < -0.4 is 10.6 Å². The summed E-state index contributed by atoms with van der Waals surface area (Å²) >= 11 is 0. The normalized spacial score (nSPS) is 18.8. The van der Waals surface area contributed by atoms with E-state index in [0.29, 0.717) is 12.1 Å². The molecule has 2 aliphatic carbocycles. The number of carbonyl (C=O) groups excluding carboxylic acids is 2. The molecule has 4 heteroatoms. The van der Waals surface area contributed by atoms with Gasteiger partial charge in [-0.2, -0.15) is 0 Å². The molecule has 1 aromatic rings. The number of amides is 2. The van der Waals surface area contributed by atoms with E-state index >= 15 is 0 Å². The standard InChI is InChI=1S/C13H17NO.C7H13NO/c15-13(11-7-3-1-4-8-11)14-12-9-5-2-6-10-12;9-6-8-7-4-2-1-3-5-7/h1,3-4,7-8,12H,2,5-6,9-10H2,(H,14,15);6-7H,1-5H2,(H,8,9). The average Bonchev–Trinajstić information content (AvgIpc) is 2.65. The Hall–Kier alpha value is -1.84. The molecule has 0 saturated heterocycles. The van der Waals surface area contributed by atoms with Gasteiger partial charge >= 0.3 is 0 Å². The van der Waals surface area contributed by atoms with Gasteiger partial charge in [0.15, 0.2) is 0 Å². The third kappa shape index (κ3) is 6.73. The van der Waals surface area contributed by atoms with Crippen LogP contribution in [0.4, 0.5) is 0 Å². The molecule has 3 rings (SSSR count). The van der Waals surface area contributed by atoms with Crippen LogP contribution in [0, 0.1) is 0 Å². The van der Waals surface area contributed by atoms with Crippen molar-refractivity contribution >= 4 is 12.3 Å². The van der Waals surface area contributed by atoms with E-state index in [1.807, 2.05) is 30.3 Å². The van der Waals surface area contributed by atoms with E-state index in [4.69, 9.17) is 0 Å². The molecule has 2 N–H and O–H groups in total. The van der Waals surface area contributed by atoms with E-state index in [9.17, 15) is 9.59 Å². The van der Waals surface area contributed by atoms with Gasteiger partial charge in [0.1, 0.15) is 0 Å². The molecule has 0 spiro atoms. The number of rotatable bonds is 4.